The van der Waals surface area contributed by atoms with Crippen LogP contribution in [0.4, 0.5) is 0 Å². The number of benzene rings is 2. The quantitative estimate of drug-likeness (QED) is 0.558. The number of carbonyl (C=O) groups excluding carboxylic acids is 1. The van der Waals surface area contributed by atoms with E-state index in [1.54, 1.807) is 60.7 Å². The highest BCUT2D eigenvalue weighted by molar-refractivity contribution is 5.99. The molecule has 0 radical (unpaired) electrons. The van der Waals surface area contributed by atoms with Crippen LogP contribution in [0, 0.1) is 0 Å². The molecule has 5 heteroatoms. The van der Waals surface area contributed by atoms with Gasteiger partial charge in [-0.2, -0.15) is 0 Å². The Bertz CT molecular complexity index is 973. The molecule has 5 nitrogen and oxygen atoms in total. The number of aliphatic hydroxyl groups excluding tert-OH is 1. The SMILES string of the molecule is O=C(c1ccccc1)C(O)c1ccccc1.OC1(COCC2(O)C=CC=CC2)C=CC=CC1. The molecule has 2 aliphatic carbocycles. The van der Waals surface area contributed by atoms with Gasteiger partial charge in [0.2, 0.25) is 0 Å². The minimum Gasteiger partial charge on any atom is -0.383 e. The summed E-state index contributed by atoms with van der Waals surface area (Å²) >= 11 is 0. The van der Waals surface area contributed by atoms with Crippen molar-refractivity contribution in [3.63, 3.8) is 0 Å². The topological polar surface area (TPSA) is 87.0 Å². The molecule has 0 aromatic heterocycles. The van der Waals surface area contributed by atoms with Gasteiger partial charge in [0.1, 0.15) is 17.3 Å². The summed E-state index contributed by atoms with van der Waals surface area (Å²) in [6.07, 6.45) is 14.7. The molecular formula is C28H30O5. The van der Waals surface area contributed by atoms with E-state index < -0.39 is 17.3 Å². The Kier molecular flexibility index (Phi) is 8.69. The Labute approximate surface area is 194 Å². The molecule has 3 N–H and O–H groups in total. The molecule has 2 aromatic carbocycles. The summed E-state index contributed by atoms with van der Waals surface area (Å²) in [6.45, 7) is 0.404. The molecule has 0 bridgehead atoms. The molecule has 0 aliphatic heterocycles. The molecule has 0 saturated carbocycles. The fourth-order valence-electron chi connectivity index (χ4n) is 3.47. The number of ketones is 1. The standard InChI is InChI=1S/C14H18O3.C14H12O2/c15-13(7-3-1-4-8-13)11-17-12-14(16)9-5-2-6-10-14;15-13(11-7-3-1-4-8-11)14(16)12-9-5-2-6-10-12/h1-7,9,15-16H,8,10-12H2;1-10,13,15H. The van der Waals surface area contributed by atoms with Gasteiger partial charge < -0.3 is 20.1 Å². The van der Waals surface area contributed by atoms with Gasteiger partial charge in [0, 0.05) is 18.4 Å². The molecule has 0 saturated heterocycles. The fourth-order valence-corrected chi connectivity index (χ4v) is 3.47. The van der Waals surface area contributed by atoms with E-state index in [1.807, 2.05) is 48.6 Å². The maximum absolute atomic E-state index is 11.9. The molecule has 4 rings (SSSR count). The summed E-state index contributed by atoms with van der Waals surface area (Å²) in [7, 11) is 0. The van der Waals surface area contributed by atoms with Gasteiger partial charge in [0.05, 0.1) is 13.2 Å². The second-order valence-corrected chi connectivity index (χ2v) is 8.23. The van der Waals surface area contributed by atoms with Crippen molar-refractivity contribution in [3.8, 4) is 0 Å². The number of aliphatic hydroxyl groups is 3. The first-order valence-electron chi connectivity index (χ1n) is 10.9. The number of rotatable bonds is 7. The lowest BCUT2D eigenvalue weighted by Crippen LogP contribution is -2.38. The fraction of sp³-hybridized carbons (Fsp3) is 0.250. The van der Waals surface area contributed by atoms with Gasteiger partial charge in [-0.1, -0.05) is 109 Å². The van der Waals surface area contributed by atoms with Crippen LogP contribution < -0.4 is 0 Å². The molecule has 2 aliphatic rings. The van der Waals surface area contributed by atoms with Crippen LogP contribution in [0.1, 0.15) is 34.9 Å². The normalized spacial score (nSPS) is 24.1. The van der Waals surface area contributed by atoms with Crippen molar-refractivity contribution in [3.05, 3.63) is 120 Å². The number of hydrogen-bond donors (Lipinski definition) is 3. The van der Waals surface area contributed by atoms with Crippen molar-refractivity contribution in [2.75, 3.05) is 13.2 Å². The van der Waals surface area contributed by atoms with Crippen LogP contribution in [0.3, 0.4) is 0 Å². The van der Waals surface area contributed by atoms with Crippen molar-refractivity contribution >= 4 is 5.78 Å². The van der Waals surface area contributed by atoms with Crippen LogP contribution >= 0.6 is 0 Å². The molecule has 0 spiro atoms. The Morgan fingerprint density at radius 3 is 1.73 bits per heavy atom. The van der Waals surface area contributed by atoms with Crippen molar-refractivity contribution < 1.29 is 24.9 Å². The number of hydrogen-bond acceptors (Lipinski definition) is 5. The van der Waals surface area contributed by atoms with Crippen LogP contribution in [0.15, 0.2) is 109 Å². The zero-order valence-electron chi connectivity index (χ0n) is 18.5. The van der Waals surface area contributed by atoms with E-state index in [-0.39, 0.29) is 19.0 Å². The van der Waals surface area contributed by atoms with Crippen LogP contribution in [0.2, 0.25) is 0 Å². The third-order valence-corrected chi connectivity index (χ3v) is 5.38. The van der Waals surface area contributed by atoms with Gasteiger partial charge in [0.25, 0.3) is 0 Å². The Morgan fingerprint density at radius 1 is 0.788 bits per heavy atom. The third-order valence-electron chi connectivity index (χ3n) is 5.38. The Balaban J connectivity index is 0.000000186. The number of ether oxygens (including phenoxy) is 1. The van der Waals surface area contributed by atoms with Crippen molar-refractivity contribution in [2.45, 2.75) is 30.1 Å². The first kappa shape index (κ1) is 24.6. The van der Waals surface area contributed by atoms with Gasteiger partial charge in [-0.3, -0.25) is 4.79 Å². The first-order valence-corrected chi connectivity index (χ1v) is 10.9. The lowest BCUT2D eigenvalue weighted by molar-refractivity contribution is -0.0619. The third kappa shape index (κ3) is 7.48. The summed E-state index contributed by atoms with van der Waals surface area (Å²) in [4.78, 5) is 11.9. The van der Waals surface area contributed by atoms with E-state index in [2.05, 4.69) is 0 Å². The maximum atomic E-state index is 11.9. The minimum atomic E-state index is -1.08. The van der Waals surface area contributed by atoms with Gasteiger partial charge in [-0.15, -0.1) is 0 Å². The average Bonchev–Trinajstić information content (AvgIpc) is 2.85. The summed E-state index contributed by atoms with van der Waals surface area (Å²) in [5.41, 5.74) is -0.714. The van der Waals surface area contributed by atoms with Crippen molar-refractivity contribution in [1.29, 1.82) is 0 Å². The molecule has 172 valence electrons. The summed E-state index contributed by atoms with van der Waals surface area (Å²) < 4.78 is 5.45. The Hall–Kier alpha value is -3.09. The molecule has 2 aromatic rings. The lowest BCUT2D eigenvalue weighted by Gasteiger charge is -2.29. The van der Waals surface area contributed by atoms with E-state index in [1.165, 1.54) is 0 Å². The molecule has 3 unspecified atom stereocenters. The highest BCUT2D eigenvalue weighted by atomic mass is 16.5. The average molecular weight is 447 g/mol. The highest BCUT2D eigenvalue weighted by Crippen LogP contribution is 2.21. The minimum absolute atomic E-state index is 0.202. The maximum Gasteiger partial charge on any atom is 0.195 e. The molecule has 0 fully saturated rings. The molecule has 0 amide bonds. The molecule has 3 atom stereocenters. The number of allylic oxidation sites excluding steroid dienone is 4. The summed E-state index contributed by atoms with van der Waals surface area (Å²) in [5.74, 6) is -0.271. The van der Waals surface area contributed by atoms with Crippen molar-refractivity contribution in [1.82, 2.24) is 0 Å². The summed E-state index contributed by atoms with van der Waals surface area (Å²) in [6, 6.07) is 17.7. The van der Waals surface area contributed by atoms with Crippen LogP contribution in [0.25, 0.3) is 0 Å². The second-order valence-electron chi connectivity index (χ2n) is 8.23. The van der Waals surface area contributed by atoms with Crippen molar-refractivity contribution in [2.24, 2.45) is 0 Å². The van der Waals surface area contributed by atoms with E-state index in [4.69, 9.17) is 4.74 Å². The van der Waals surface area contributed by atoms with E-state index in [0.29, 0.717) is 24.0 Å². The van der Waals surface area contributed by atoms with Crippen LogP contribution in [0.5, 0.6) is 0 Å². The zero-order valence-corrected chi connectivity index (χ0v) is 18.5. The van der Waals surface area contributed by atoms with Crippen LogP contribution in [-0.2, 0) is 4.74 Å². The molecule has 0 heterocycles. The zero-order chi connectivity index (χ0) is 23.6. The highest BCUT2D eigenvalue weighted by Gasteiger charge is 2.28. The van der Waals surface area contributed by atoms with Gasteiger partial charge in [-0.25, -0.2) is 0 Å². The first-order chi connectivity index (χ1) is 15.9. The smallest absolute Gasteiger partial charge is 0.195 e. The molecule has 33 heavy (non-hydrogen) atoms. The second kappa shape index (κ2) is 11.7. The van der Waals surface area contributed by atoms with Gasteiger partial charge >= 0.3 is 0 Å². The van der Waals surface area contributed by atoms with Gasteiger partial charge in [-0.05, 0) is 5.56 Å². The predicted octanol–water partition coefficient (Wildman–Crippen LogP) is 4.10. The van der Waals surface area contributed by atoms with Gasteiger partial charge in [0.15, 0.2) is 5.78 Å². The van der Waals surface area contributed by atoms with E-state index in [0.717, 1.165) is 0 Å². The lowest BCUT2D eigenvalue weighted by atomic mass is 9.95. The van der Waals surface area contributed by atoms with E-state index in [9.17, 15) is 20.1 Å². The number of Topliss-reactive ketones (excluding diaryl/α,β-unsaturated/α-hetero) is 1. The number of carbonyl (C=O) groups is 1. The summed E-state index contributed by atoms with van der Waals surface area (Å²) in [5, 5.41) is 30.1. The monoisotopic (exact) mass is 446 g/mol. The van der Waals surface area contributed by atoms with E-state index >= 15 is 0 Å². The molecular weight excluding hydrogens is 416 g/mol. The Morgan fingerprint density at radius 2 is 1.27 bits per heavy atom. The largest absolute Gasteiger partial charge is 0.383 e. The van der Waals surface area contributed by atoms with Crippen LogP contribution in [-0.4, -0.2) is 45.5 Å². The predicted molar refractivity (Wildman–Crippen MR) is 129 cm³/mol.